The predicted octanol–water partition coefficient (Wildman–Crippen LogP) is 13.0. The van der Waals surface area contributed by atoms with Gasteiger partial charge in [-0.1, -0.05) is 140 Å². The molecular weight excluding hydrogens is 699 g/mol. The van der Waals surface area contributed by atoms with Gasteiger partial charge in [-0.05, 0) is 59.7 Å². The van der Waals surface area contributed by atoms with E-state index >= 15 is 0 Å². The summed E-state index contributed by atoms with van der Waals surface area (Å²) in [6, 6.07) is 65.4. The van der Waals surface area contributed by atoms with E-state index < -0.39 is 0 Å². The highest BCUT2D eigenvalue weighted by Crippen LogP contribution is 2.42. The molecule has 6 heteroatoms. The molecule has 4 heterocycles. The van der Waals surface area contributed by atoms with E-state index in [0.717, 1.165) is 88.1 Å². The second kappa shape index (κ2) is 12.3. The molecule has 4 aromatic heterocycles. The van der Waals surface area contributed by atoms with E-state index in [-0.39, 0.29) is 0 Å². The highest BCUT2D eigenvalue weighted by Gasteiger charge is 2.24. The zero-order chi connectivity index (χ0) is 37.5. The van der Waals surface area contributed by atoms with Gasteiger partial charge in [0.25, 0.3) is 0 Å². The number of aromatic nitrogens is 5. The summed E-state index contributed by atoms with van der Waals surface area (Å²) in [6.07, 6.45) is 0. The number of para-hydroxylation sites is 3. The Balaban J connectivity index is 1.18. The summed E-state index contributed by atoms with van der Waals surface area (Å²) >= 11 is 0. The monoisotopic (exact) mass is 729 g/mol. The molecule has 0 saturated carbocycles. The predicted molar refractivity (Wildman–Crippen MR) is 232 cm³/mol. The van der Waals surface area contributed by atoms with Crippen LogP contribution in [0.25, 0.3) is 111 Å². The van der Waals surface area contributed by atoms with Gasteiger partial charge in [0.1, 0.15) is 11.2 Å². The minimum absolute atomic E-state index is 0.546. The average molecular weight is 730 g/mol. The molecule has 57 heavy (non-hydrogen) atoms. The van der Waals surface area contributed by atoms with Gasteiger partial charge in [-0.15, -0.1) is 0 Å². The Bertz CT molecular complexity index is 3510. The fraction of sp³-hybridized carbons (Fsp3) is 0. The van der Waals surface area contributed by atoms with Crippen LogP contribution < -0.4 is 0 Å². The van der Waals surface area contributed by atoms with Gasteiger partial charge in [0.05, 0.1) is 22.1 Å². The van der Waals surface area contributed by atoms with Crippen LogP contribution in [0.3, 0.4) is 0 Å². The summed E-state index contributed by atoms with van der Waals surface area (Å²) in [5.74, 6) is 1.72. The van der Waals surface area contributed by atoms with E-state index in [0.29, 0.717) is 17.6 Å². The fourth-order valence-electron chi connectivity index (χ4n) is 8.69. The lowest BCUT2D eigenvalue weighted by Crippen LogP contribution is -2.07. The Morgan fingerprint density at radius 2 is 0.947 bits per heavy atom. The zero-order valence-electron chi connectivity index (χ0n) is 30.5. The van der Waals surface area contributed by atoms with Crippen LogP contribution in [0.2, 0.25) is 0 Å². The molecule has 12 rings (SSSR count). The van der Waals surface area contributed by atoms with Crippen molar-refractivity contribution in [3.8, 4) is 45.5 Å². The van der Waals surface area contributed by atoms with Crippen LogP contribution in [0.1, 0.15) is 0 Å². The Morgan fingerprint density at radius 1 is 0.368 bits per heavy atom. The molecule has 0 N–H and O–H groups in total. The van der Waals surface area contributed by atoms with Crippen LogP contribution in [0.5, 0.6) is 0 Å². The van der Waals surface area contributed by atoms with E-state index in [2.05, 4.69) is 161 Å². The standard InChI is InChI=1S/C51H31N5O/c1-4-15-32(16-5-1)36-23-14-26-45-46(36)41-31-34(27-30-44(41)57-45)50-52-49(33-17-6-2-7-18-33)53-51(54-50)56-43-25-13-11-22-38(43)40-29-28-39-37-21-10-12-24-42(37)55(47(39)48(40)56)35-19-8-3-9-20-35/h1-31H. The van der Waals surface area contributed by atoms with Crippen molar-refractivity contribution >= 4 is 65.6 Å². The van der Waals surface area contributed by atoms with Crippen LogP contribution in [-0.4, -0.2) is 24.1 Å². The Hall–Kier alpha value is -7.83. The average Bonchev–Trinajstić information content (AvgIpc) is 3.95. The van der Waals surface area contributed by atoms with E-state index in [1.807, 2.05) is 36.4 Å². The van der Waals surface area contributed by atoms with Crippen LogP contribution in [-0.2, 0) is 0 Å². The van der Waals surface area contributed by atoms with Crippen molar-refractivity contribution in [1.29, 1.82) is 0 Å². The van der Waals surface area contributed by atoms with Crippen LogP contribution >= 0.6 is 0 Å². The van der Waals surface area contributed by atoms with E-state index in [1.165, 1.54) is 5.39 Å². The van der Waals surface area contributed by atoms with Gasteiger partial charge in [0.15, 0.2) is 11.6 Å². The molecule has 0 atom stereocenters. The number of hydrogen-bond donors (Lipinski definition) is 0. The number of hydrogen-bond acceptors (Lipinski definition) is 4. The number of benzene rings is 8. The molecule has 266 valence electrons. The lowest BCUT2D eigenvalue weighted by molar-refractivity contribution is 0.669. The summed E-state index contributed by atoms with van der Waals surface area (Å²) in [7, 11) is 0. The molecule has 0 fully saturated rings. The van der Waals surface area contributed by atoms with Gasteiger partial charge in [-0.2, -0.15) is 9.97 Å². The first-order valence-corrected chi connectivity index (χ1v) is 19.1. The highest BCUT2D eigenvalue weighted by molar-refractivity contribution is 6.23. The van der Waals surface area contributed by atoms with Crippen molar-refractivity contribution < 1.29 is 4.42 Å². The minimum Gasteiger partial charge on any atom is -0.456 e. The number of furan rings is 1. The molecule has 0 spiro atoms. The molecule has 6 nitrogen and oxygen atoms in total. The van der Waals surface area contributed by atoms with Crippen molar-refractivity contribution in [2.24, 2.45) is 0 Å². The lowest BCUT2D eigenvalue weighted by atomic mass is 9.99. The summed E-state index contributed by atoms with van der Waals surface area (Å²) in [6.45, 7) is 0. The largest absolute Gasteiger partial charge is 0.456 e. The van der Waals surface area contributed by atoms with E-state index in [9.17, 15) is 0 Å². The lowest BCUT2D eigenvalue weighted by Gasteiger charge is -2.13. The van der Waals surface area contributed by atoms with Gasteiger partial charge in [0, 0.05) is 49.1 Å². The van der Waals surface area contributed by atoms with Crippen molar-refractivity contribution in [3.63, 3.8) is 0 Å². The molecule has 0 aliphatic heterocycles. The molecule has 12 aromatic rings. The second-order valence-electron chi connectivity index (χ2n) is 14.4. The third-order valence-corrected chi connectivity index (χ3v) is 11.2. The van der Waals surface area contributed by atoms with Crippen molar-refractivity contribution in [2.75, 3.05) is 0 Å². The molecule has 8 aromatic carbocycles. The Labute approximate surface area is 326 Å². The van der Waals surface area contributed by atoms with Crippen LogP contribution in [0.4, 0.5) is 0 Å². The maximum atomic E-state index is 6.43. The van der Waals surface area contributed by atoms with E-state index in [1.54, 1.807) is 0 Å². The van der Waals surface area contributed by atoms with Gasteiger partial charge < -0.3 is 8.98 Å². The molecule has 0 aliphatic rings. The van der Waals surface area contributed by atoms with Crippen LogP contribution in [0, 0.1) is 0 Å². The third kappa shape index (κ3) is 4.81. The molecule has 0 saturated heterocycles. The van der Waals surface area contributed by atoms with Crippen molar-refractivity contribution in [2.45, 2.75) is 0 Å². The van der Waals surface area contributed by atoms with Gasteiger partial charge in [-0.25, -0.2) is 4.98 Å². The van der Waals surface area contributed by atoms with Crippen molar-refractivity contribution in [1.82, 2.24) is 24.1 Å². The number of nitrogens with zero attached hydrogens (tertiary/aromatic N) is 5. The molecule has 0 unspecified atom stereocenters. The third-order valence-electron chi connectivity index (χ3n) is 11.2. The van der Waals surface area contributed by atoms with Crippen molar-refractivity contribution in [3.05, 3.63) is 188 Å². The SMILES string of the molecule is c1ccc(-c2nc(-c3ccc4oc5cccc(-c6ccccc6)c5c4c3)nc(-n3c4ccccc4c4ccc5c6ccccc6n(-c6ccccc6)c5c43)n2)cc1. The van der Waals surface area contributed by atoms with Gasteiger partial charge in [-0.3, -0.25) is 4.57 Å². The first-order valence-electron chi connectivity index (χ1n) is 19.1. The minimum atomic E-state index is 0.546. The molecule has 0 aliphatic carbocycles. The number of rotatable bonds is 5. The summed E-state index contributed by atoms with van der Waals surface area (Å²) in [5, 5.41) is 6.68. The Morgan fingerprint density at radius 3 is 1.65 bits per heavy atom. The molecular formula is C51H31N5O. The molecule has 0 radical (unpaired) electrons. The smallest absolute Gasteiger partial charge is 0.238 e. The summed E-state index contributed by atoms with van der Waals surface area (Å²) in [4.78, 5) is 15.9. The summed E-state index contributed by atoms with van der Waals surface area (Å²) in [5.41, 5.74) is 11.1. The Kier molecular flexibility index (Phi) is 6.83. The van der Waals surface area contributed by atoms with Crippen LogP contribution in [0.15, 0.2) is 192 Å². The highest BCUT2D eigenvalue weighted by atomic mass is 16.3. The topological polar surface area (TPSA) is 61.7 Å². The molecule has 0 amide bonds. The zero-order valence-corrected chi connectivity index (χ0v) is 30.5. The van der Waals surface area contributed by atoms with Gasteiger partial charge in [0.2, 0.25) is 5.95 Å². The first kappa shape index (κ1) is 31.5. The van der Waals surface area contributed by atoms with Gasteiger partial charge >= 0.3 is 0 Å². The summed E-state index contributed by atoms with van der Waals surface area (Å²) < 4.78 is 11.0. The fourth-order valence-corrected chi connectivity index (χ4v) is 8.69. The first-order chi connectivity index (χ1) is 28.3. The molecule has 0 bridgehead atoms. The normalized spacial score (nSPS) is 11.9. The quantitative estimate of drug-likeness (QED) is 0.177. The second-order valence-corrected chi connectivity index (χ2v) is 14.4. The van der Waals surface area contributed by atoms with E-state index in [4.69, 9.17) is 19.4 Å². The maximum absolute atomic E-state index is 6.43. The number of fused-ring (bicyclic) bond motifs is 10. The maximum Gasteiger partial charge on any atom is 0.238 e.